The Labute approximate surface area is 116 Å². The first kappa shape index (κ1) is 14.6. The summed E-state index contributed by atoms with van der Waals surface area (Å²) >= 11 is 0. The molecule has 0 bridgehead atoms. The highest BCUT2D eigenvalue weighted by Crippen LogP contribution is 2.40. The molecule has 1 atom stereocenters. The van der Waals surface area contributed by atoms with Crippen molar-refractivity contribution in [2.24, 2.45) is 0 Å². The highest BCUT2D eigenvalue weighted by molar-refractivity contribution is 5.68. The molecule has 0 aromatic heterocycles. The molecule has 20 heavy (non-hydrogen) atoms. The van der Waals surface area contributed by atoms with Gasteiger partial charge in [-0.2, -0.15) is 13.2 Å². The van der Waals surface area contributed by atoms with E-state index in [0.29, 0.717) is 5.56 Å². The molecule has 1 unspecified atom stereocenters. The molecule has 0 aliphatic rings. The summed E-state index contributed by atoms with van der Waals surface area (Å²) in [6.45, 7) is 0. The molecule has 0 spiro atoms. The summed E-state index contributed by atoms with van der Waals surface area (Å²) < 4.78 is 39.9. The van der Waals surface area contributed by atoms with E-state index in [1.807, 2.05) is 30.3 Å². The molecular weight excluding hydrogens is 263 g/mol. The molecule has 0 saturated heterocycles. The zero-order valence-corrected chi connectivity index (χ0v) is 11.4. The number of halogens is 3. The van der Waals surface area contributed by atoms with Crippen molar-refractivity contribution < 1.29 is 13.2 Å². The van der Waals surface area contributed by atoms with E-state index < -0.39 is 12.2 Å². The van der Waals surface area contributed by atoms with Gasteiger partial charge in [-0.3, -0.25) is 4.90 Å². The molecule has 2 rings (SSSR count). The van der Waals surface area contributed by atoms with Crippen LogP contribution < -0.4 is 0 Å². The van der Waals surface area contributed by atoms with Gasteiger partial charge in [-0.25, -0.2) is 0 Å². The van der Waals surface area contributed by atoms with Crippen molar-refractivity contribution in [1.29, 1.82) is 0 Å². The lowest BCUT2D eigenvalue weighted by molar-refractivity contribution is -0.179. The van der Waals surface area contributed by atoms with Crippen LogP contribution in [0.4, 0.5) is 13.2 Å². The van der Waals surface area contributed by atoms with Crippen LogP contribution in [0.2, 0.25) is 0 Å². The molecule has 0 heterocycles. The maximum Gasteiger partial charge on any atom is 0.408 e. The van der Waals surface area contributed by atoms with E-state index in [1.165, 1.54) is 19.0 Å². The Morgan fingerprint density at radius 2 is 1.40 bits per heavy atom. The zero-order chi connectivity index (χ0) is 14.8. The van der Waals surface area contributed by atoms with Crippen molar-refractivity contribution in [2.75, 3.05) is 14.1 Å². The van der Waals surface area contributed by atoms with E-state index >= 15 is 0 Å². The maximum atomic E-state index is 13.3. The minimum Gasteiger partial charge on any atom is -0.295 e. The van der Waals surface area contributed by atoms with Crippen LogP contribution in [-0.2, 0) is 0 Å². The molecule has 0 aliphatic heterocycles. The van der Waals surface area contributed by atoms with Crippen molar-refractivity contribution in [3.63, 3.8) is 0 Å². The molecule has 0 radical (unpaired) electrons. The molecule has 0 saturated carbocycles. The van der Waals surface area contributed by atoms with Crippen LogP contribution >= 0.6 is 0 Å². The van der Waals surface area contributed by atoms with Crippen molar-refractivity contribution in [3.05, 3.63) is 60.2 Å². The van der Waals surface area contributed by atoms with Gasteiger partial charge in [0.15, 0.2) is 0 Å². The quantitative estimate of drug-likeness (QED) is 0.798. The van der Waals surface area contributed by atoms with E-state index in [2.05, 4.69) is 0 Å². The SMILES string of the molecule is CN(C)C(c1ccccc1-c1ccccc1)C(F)(F)F. The first-order valence-corrected chi connectivity index (χ1v) is 6.28. The van der Waals surface area contributed by atoms with E-state index in [1.54, 1.807) is 24.3 Å². The first-order valence-electron chi connectivity index (χ1n) is 6.28. The Morgan fingerprint density at radius 1 is 0.850 bits per heavy atom. The van der Waals surface area contributed by atoms with E-state index in [0.717, 1.165) is 5.56 Å². The van der Waals surface area contributed by atoms with Crippen molar-refractivity contribution >= 4 is 0 Å². The van der Waals surface area contributed by atoms with Crippen molar-refractivity contribution in [1.82, 2.24) is 4.90 Å². The zero-order valence-electron chi connectivity index (χ0n) is 11.4. The third-order valence-electron chi connectivity index (χ3n) is 3.17. The predicted octanol–water partition coefficient (Wildman–Crippen LogP) is 4.52. The van der Waals surface area contributed by atoms with Crippen LogP contribution in [0, 0.1) is 0 Å². The van der Waals surface area contributed by atoms with Gasteiger partial charge in [0, 0.05) is 0 Å². The minimum absolute atomic E-state index is 0.274. The number of nitrogens with zero attached hydrogens (tertiary/aromatic N) is 1. The highest BCUT2D eigenvalue weighted by Gasteiger charge is 2.43. The minimum atomic E-state index is -4.31. The van der Waals surface area contributed by atoms with Gasteiger partial charge >= 0.3 is 6.18 Å². The fraction of sp³-hybridized carbons (Fsp3) is 0.250. The second-order valence-corrected chi connectivity index (χ2v) is 4.86. The first-order chi connectivity index (χ1) is 9.41. The topological polar surface area (TPSA) is 3.24 Å². The molecule has 4 heteroatoms. The molecule has 0 amide bonds. The molecule has 1 nitrogen and oxygen atoms in total. The fourth-order valence-electron chi connectivity index (χ4n) is 2.36. The smallest absolute Gasteiger partial charge is 0.295 e. The second-order valence-electron chi connectivity index (χ2n) is 4.86. The second kappa shape index (κ2) is 5.67. The molecule has 2 aromatic rings. The van der Waals surface area contributed by atoms with Crippen LogP contribution in [0.1, 0.15) is 11.6 Å². The fourth-order valence-corrected chi connectivity index (χ4v) is 2.36. The highest BCUT2D eigenvalue weighted by atomic mass is 19.4. The average Bonchev–Trinajstić information content (AvgIpc) is 2.38. The van der Waals surface area contributed by atoms with Crippen molar-refractivity contribution in [3.8, 4) is 11.1 Å². The largest absolute Gasteiger partial charge is 0.408 e. The standard InChI is InChI=1S/C16H16F3N/c1-20(2)15(16(17,18)19)14-11-7-6-10-13(14)12-8-4-3-5-9-12/h3-11,15H,1-2H3. The maximum absolute atomic E-state index is 13.3. The van der Waals surface area contributed by atoms with Gasteiger partial charge in [0.1, 0.15) is 6.04 Å². The number of hydrogen-bond acceptors (Lipinski definition) is 1. The Hall–Kier alpha value is -1.81. The third kappa shape index (κ3) is 3.02. The number of rotatable bonds is 3. The predicted molar refractivity (Wildman–Crippen MR) is 74.4 cm³/mol. The number of alkyl halides is 3. The summed E-state index contributed by atoms with van der Waals surface area (Å²) in [7, 11) is 2.89. The Bertz CT molecular complexity index is 561. The van der Waals surface area contributed by atoms with Gasteiger partial charge in [0.2, 0.25) is 0 Å². The lowest BCUT2D eigenvalue weighted by atomic mass is 9.94. The lowest BCUT2D eigenvalue weighted by Crippen LogP contribution is -2.33. The molecule has 2 aromatic carbocycles. The third-order valence-corrected chi connectivity index (χ3v) is 3.17. The molecule has 106 valence electrons. The summed E-state index contributed by atoms with van der Waals surface area (Å²) in [6, 6.07) is 14.2. The van der Waals surface area contributed by atoms with E-state index in [4.69, 9.17) is 0 Å². The monoisotopic (exact) mass is 279 g/mol. The summed E-state index contributed by atoms with van der Waals surface area (Å²) in [6.07, 6.45) is -4.31. The van der Waals surface area contributed by atoms with E-state index in [-0.39, 0.29) is 5.56 Å². The van der Waals surface area contributed by atoms with Crippen LogP contribution in [0.25, 0.3) is 11.1 Å². The summed E-state index contributed by atoms with van der Waals surface area (Å²) in [4.78, 5) is 1.20. The Kier molecular flexibility index (Phi) is 4.14. The van der Waals surface area contributed by atoms with Crippen LogP contribution in [0.3, 0.4) is 0 Å². The van der Waals surface area contributed by atoms with Gasteiger partial charge < -0.3 is 0 Å². The van der Waals surface area contributed by atoms with Gasteiger partial charge in [-0.05, 0) is 30.8 Å². The van der Waals surface area contributed by atoms with Gasteiger partial charge in [0.05, 0.1) is 0 Å². The van der Waals surface area contributed by atoms with Crippen molar-refractivity contribution in [2.45, 2.75) is 12.2 Å². The van der Waals surface area contributed by atoms with Gasteiger partial charge in [-0.1, -0.05) is 54.6 Å². The average molecular weight is 279 g/mol. The van der Waals surface area contributed by atoms with E-state index in [9.17, 15) is 13.2 Å². The lowest BCUT2D eigenvalue weighted by Gasteiger charge is -2.28. The summed E-state index contributed by atoms with van der Waals surface area (Å²) in [5.41, 5.74) is 1.68. The Balaban J connectivity index is 2.57. The number of hydrogen-bond donors (Lipinski definition) is 0. The normalized spacial score (nSPS) is 13.5. The van der Waals surface area contributed by atoms with Crippen LogP contribution in [0.15, 0.2) is 54.6 Å². The molecular formula is C16H16F3N. The molecule has 0 aliphatic carbocycles. The summed E-state index contributed by atoms with van der Waals surface area (Å²) in [5.74, 6) is 0. The molecule has 0 fully saturated rings. The van der Waals surface area contributed by atoms with Gasteiger partial charge in [-0.15, -0.1) is 0 Å². The van der Waals surface area contributed by atoms with Gasteiger partial charge in [0.25, 0.3) is 0 Å². The summed E-state index contributed by atoms with van der Waals surface area (Å²) in [5, 5.41) is 0. The molecule has 0 N–H and O–H groups in total. The van der Waals surface area contributed by atoms with Crippen LogP contribution in [-0.4, -0.2) is 25.2 Å². The van der Waals surface area contributed by atoms with Crippen LogP contribution in [0.5, 0.6) is 0 Å². The Morgan fingerprint density at radius 3 is 1.95 bits per heavy atom. The number of benzene rings is 2.